The molecule has 1 aliphatic carbocycles. The number of alkyl halides is 8. The summed E-state index contributed by atoms with van der Waals surface area (Å²) in [5.74, 6) is 0. The largest absolute Gasteiger partial charge is 0.133 e. The third-order valence-corrected chi connectivity index (χ3v) is 20.0. The fourth-order valence-electron chi connectivity index (χ4n) is 2.88. The highest BCUT2D eigenvalue weighted by Gasteiger charge is 2.64. The molecular formula is C16H24Br8. The molecule has 0 aromatic carbocycles. The summed E-state index contributed by atoms with van der Waals surface area (Å²) in [5.41, 5.74) is 0. The van der Waals surface area contributed by atoms with E-state index in [1.807, 2.05) is 0 Å². The minimum Gasteiger partial charge on any atom is -0.0701 e. The molecule has 0 saturated heterocycles. The van der Waals surface area contributed by atoms with Crippen molar-refractivity contribution in [2.75, 3.05) is 0 Å². The van der Waals surface area contributed by atoms with Crippen molar-refractivity contribution in [3.8, 4) is 0 Å². The van der Waals surface area contributed by atoms with Gasteiger partial charge in [0.15, 0.2) is 0 Å². The molecule has 1 fully saturated rings. The Kier molecular flexibility index (Phi) is 12.2. The van der Waals surface area contributed by atoms with Gasteiger partial charge in [-0.1, -0.05) is 192 Å². The quantitative estimate of drug-likeness (QED) is 0.213. The number of hydrogen-bond acceptors (Lipinski definition) is 0. The van der Waals surface area contributed by atoms with Crippen LogP contribution >= 0.6 is 127 Å². The molecule has 1 rings (SSSR count). The van der Waals surface area contributed by atoms with Crippen LogP contribution in [0.1, 0.15) is 77.0 Å². The molecule has 0 bridgehead atoms. The second kappa shape index (κ2) is 11.3. The van der Waals surface area contributed by atoms with Gasteiger partial charge in [0.05, 0.1) is 0 Å². The molecule has 0 N–H and O–H groups in total. The van der Waals surface area contributed by atoms with Crippen molar-refractivity contribution in [1.29, 1.82) is 0 Å². The van der Waals surface area contributed by atoms with Gasteiger partial charge in [-0.3, -0.25) is 0 Å². The van der Waals surface area contributed by atoms with E-state index in [1.54, 1.807) is 0 Å². The maximum absolute atomic E-state index is 3.93. The van der Waals surface area contributed by atoms with Gasteiger partial charge in [-0.2, -0.15) is 0 Å². The van der Waals surface area contributed by atoms with E-state index in [9.17, 15) is 0 Å². The Labute approximate surface area is 214 Å². The summed E-state index contributed by atoms with van der Waals surface area (Å²) in [7, 11) is 0. The highest BCUT2D eigenvalue weighted by molar-refractivity contribution is 9.34. The first kappa shape index (κ1) is 25.9. The van der Waals surface area contributed by atoms with Crippen LogP contribution in [-0.2, 0) is 0 Å². The topological polar surface area (TPSA) is 0 Å². The van der Waals surface area contributed by atoms with Gasteiger partial charge in [0.1, 0.15) is 12.9 Å². The van der Waals surface area contributed by atoms with E-state index >= 15 is 0 Å². The van der Waals surface area contributed by atoms with Crippen LogP contribution in [0.3, 0.4) is 0 Å². The maximum Gasteiger partial charge on any atom is 0.133 e. The van der Waals surface area contributed by atoms with Gasteiger partial charge >= 0.3 is 0 Å². The molecule has 0 unspecified atom stereocenters. The van der Waals surface area contributed by atoms with Crippen LogP contribution in [0.2, 0.25) is 0 Å². The van der Waals surface area contributed by atoms with Crippen molar-refractivity contribution in [3.05, 3.63) is 0 Å². The molecule has 0 aliphatic heterocycles. The molecule has 0 spiro atoms. The Bertz CT molecular complexity index is 342. The van der Waals surface area contributed by atoms with Gasteiger partial charge < -0.3 is 0 Å². The molecule has 0 heterocycles. The number of halogens is 8. The predicted molar refractivity (Wildman–Crippen MR) is 138 cm³/mol. The van der Waals surface area contributed by atoms with Crippen molar-refractivity contribution in [2.24, 2.45) is 0 Å². The van der Waals surface area contributed by atoms with E-state index in [0.717, 1.165) is 12.8 Å². The van der Waals surface area contributed by atoms with Gasteiger partial charge in [0.25, 0.3) is 0 Å². The average Bonchev–Trinajstić information content (AvgIpc) is 2.46. The fourth-order valence-corrected chi connectivity index (χ4v) is 9.47. The van der Waals surface area contributed by atoms with E-state index in [2.05, 4.69) is 127 Å². The van der Waals surface area contributed by atoms with Gasteiger partial charge in [-0.05, 0) is 12.8 Å². The third kappa shape index (κ3) is 6.97. The minimum atomic E-state index is -0.468. The van der Waals surface area contributed by atoms with Crippen LogP contribution in [0.25, 0.3) is 0 Å². The SMILES string of the molecule is BrC1(Br)CCCCCCCCCCCCC(Br)(Br)C(Br)(Br)C1(Br)Br. The standard InChI is InChI=1S/C16H24Br8/c17-13(18)11-9-7-5-3-1-2-4-6-8-10-12-14(19,20)16(23,24)15(13,21)22/h1-12H2. The second-order valence-corrected chi connectivity index (χ2v) is 21.0. The van der Waals surface area contributed by atoms with Crippen molar-refractivity contribution in [2.45, 2.75) is 90.0 Å². The first-order chi connectivity index (χ1) is 11.0. The van der Waals surface area contributed by atoms with E-state index in [4.69, 9.17) is 0 Å². The van der Waals surface area contributed by atoms with Gasteiger partial charge in [0.2, 0.25) is 0 Å². The fraction of sp³-hybridized carbons (Fsp3) is 1.00. The molecule has 1 saturated carbocycles. The Morgan fingerprint density at radius 1 is 0.333 bits per heavy atom. The second-order valence-electron chi connectivity index (χ2n) is 6.59. The highest BCUT2D eigenvalue weighted by Crippen LogP contribution is 2.68. The summed E-state index contributed by atoms with van der Waals surface area (Å²) < 4.78 is -1.54. The zero-order valence-electron chi connectivity index (χ0n) is 13.5. The highest BCUT2D eigenvalue weighted by atomic mass is 79.9. The molecule has 24 heavy (non-hydrogen) atoms. The summed E-state index contributed by atoms with van der Waals surface area (Å²) in [4.78, 5) is 0. The number of rotatable bonds is 0. The lowest BCUT2D eigenvalue weighted by Gasteiger charge is -2.49. The van der Waals surface area contributed by atoms with E-state index in [-0.39, 0.29) is 6.47 Å². The Balaban J connectivity index is 2.94. The minimum absolute atomic E-state index is 0.302. The Morgan fingerprint density at radius 2 is 0.542 bits per heavy atom. The van der Waals surface area contributed by atoms with Gasteiger partial charge in [-0.15, -0.1) is 0 Å². The first-order valence-corrected chi connectivity index (χ1v) is 14.8. The molecule has 0 radical (unpaired) electrons. The number of hydrogen-bond donors (Lipinski definition) is 0. The summed E-state index contributed by atoms with van der Waals surface area (Å²) in [5, 5.41) is 0. The van der Waals surface area contributed by atoms with E-state index < -0.39 is 6.47 Å². The van der Waals surface area contributed by atoms with Crippen LogP contribution in [0.5, 0.6) is 0 Å². The zero-order chi connectivity index (χ0) is 18.5. The monoisotopic (exact) mass is 848 g/mol. The summed E-state index contributed by atoms with van der Waals surface area (Å²) in [6.07, 6.45) is 15.1. The Hall–Kier alpha value is 3.84. The zero-order valence-corrected chi connectivity index (χ0v) is 26.2. The molecule has 0 amide bonds. The molecule has 0 aromatic rings. The van der Waals surface area contributed by atoms with Gasteiger partial charge in [-0.25, -0.2) is 0 Å². The molecule has 0 aromatic heterocycles. The van der Waals surface area contributed by atoms with Crippen LogP contribution in [0.15, 0.2) is 0 Å². The van der Waals surface area contributed by atoms with Crippen molar-refractivity contribution in [1.82, 2.24) is 0 Å². The summed E-state index contributed by atoms with van der Waals surface area (Å²) in [6, 6.07) is 0. The van der Waals surface area contributed by atoms with Crippen molar-refractivity contribution in [3.63, 3.8) is 0 Å². The average molecular weight is 856 g/mol. The van der Waals surface area contributed by atoms with Crippen LogP contribution < -0.4 is 0 Å². The Morgan fingerprint density at radius 3 is 0.792 bits per heavy atom. The summed E-state index contributed by atoms with van der Waals surface area (Å²) >= 11 is 31.4. The lowest BCUT2D eigenvalue weighted by atomic mass is 10.0. The molecular weight excluding hydrogens is 831 g/mol. The molecule has 8 heteroatoms. The lowest BCUT2D eigenvalue weighted by Crippen LogP contribution is -2.55. The third-order valence-electron chi connectivity index (χ3n) is 4.54. The molecule has 1 aliphatic rings. The van der Waals surface area contributed by atoms with Crippen molar-refractivity contribution >= 4 is 127 Å². The molecule has 0 atom stereocenters. The maximum atomic E-state index is 3.93. The van der Waals surface area contributed by atoms with Crippen LogP contribution in [-0.4, -0.2) is 12.9 Å². The van der Waals surface area contributed by atoms with E-state index in [1.165, 1.54) is 64.2 Å². The van der Waals surface area contributed by atoms with Crippen molar-refractivity contribution < 1.29 is 0 Å². The van der Waals surface area contributed by atoms with Crippen LogP contribution in [0, 0.1) is 0 Å². The van der Waals surface area contributed by atoms with Crippen LogP contribution in [0.4, 0.5) is 0 Å². The molecule has 0 nitrogen and oxygen atoms in total. The first-order valence-electron chi connectivity index (χ1n) is 8.47. The predicted octanol–water partition coefficient (Wildman–Crippen LogP) is 10.6. The lowest BCUT2D eigenvalue weighted by molar-refractivity contribution is 0.502. The summed E-state index contributed by atoms with van der Waals surface area (Å²) in [6.45, 7) is 0. The van der Waals surface area contributed by atoms with E-state index in [0.29, 0.717) is 0 Å². The van der Waals surface area contributed by atoms with Gasteiger partial charge in [0, 0.05) is 0 Å². The normalized spacial score (nSPS) is 29.0. The molecule has 144 valence electrons. The smallest absolute Gasteiger partial charge is 0.0701 e.